The molecule has 0 aliphatic carbocycles. The molecule has 0 bridgehead atoms. The topological polar surface area (TPSA) is 138 Å². The van der Waals surface area contributed by atoms with Crippen molar-refractivity contribution in [1.82, 2.24) is 15.3 Å². The van der Waals surface area contributed by atoms with Crippen LogP contribution in [-0.4, -0.2) is 38.3 Å². The second-order valence-electron chi connectivity index (χ2n) is 10.8. The van der Waals surface area contributed by atoms with Crippen LogP contribution in [0.5, 0.6) is 11.5 Å². The van der Waals surface area contributed by atoms with Crippen molar-refractivity contribution < 1.29 is 24.5 Å². The normalized spacial score (nSPS) is 12.3. The van der Waals surface area contributed by atoms with Crippen molar-refractivity contribution >= 4 is 28.3 Å². The van der Waals surface area contributed by atoms with E-state index in [1.54, 1.807) is 30.6 Å². The molecule has 228 valence electrons. The molecule has 1 unspecified atom stereocenters. The lowest BCUT2D eigenvalue weighted by Gasteiger charge is -2.25. The first-order valence-corrected chi connectivity index (χ1v) is 14.5. The van der Waals surface area contributed by atoms with E-state index in [2.05, 4.69) is 52.5 Å². The van der Waals surface area contributed by atoms with Crippen LogP contribution in [0.25, 0.3) is 21.9 Å². The van der Waals surface area contributed by atoms with Gasteiger partial charge in [0, 0.05) is 53.9 Å². The number of rotatable bonds is 12. The molecule has 0 amide bonds. The number of nitrogens with one attached hydrogen (secondary N) is 1. The highest BCUT2D eigenvalue weighted by Gasteiger charge is 2.32. The predicted octanol–water partition coefficient (Wildman–Crippen LogP) is 6.21. The number of hydrogen-bond donors (Lipinski definition) is 3. The Bertz CT molecular complexity index is 1910. The third-order valence-electron chi connectivity index (χ3n) is 7.67. The number of pyridine rings is 2. The molecule has 0 saturated carbocycles. The summed E-state index contributed by atoms with van der Waals surface area (Å²) in [6.07, 6.45) is 6.69. The second-order valence-corrected chi connectivity index (χ2v) is 11.2. The number of hydrogen-bond acceptors (Lipinski definition) is 8. The number of aliphatic hydroxyl groups excluding tert-OH is 1. The molecule has 5 aromatic rings. The molecule has 45 heavy (non-hydrogen) atoms. The van der Waals surface area contributed by atoms with E-state index >= 15 is 0 Å². The van der Waals surface area contributed by atoms with E-state index in [9.17, 15) is 20.3 Å². The lowest BCUT2D eigenvalue weighted by Crippen LogP contribution is -2.52. The van der Waals surface area contributed by atoms with Gasteiger partial charge in [-0.25, -0.2) is 0 Å². The van der Waals surface area contributed by atoms with E-state index in [4.69, 9.17) is 21.1 Å². The van der Waals surface area contributed by atoms with Crippen LogP contribution in [0.2, 0.25) is 5.02 Å². The zero-order chi connectivity index (χ0) is 32.0. The molecular formula is C35H31ClN4O5. The van der Waals surface area contributed by atoms with Gasteiger partial charge >= 0.3 is 5.97 Å². The number of carbonyl (C=O) groups is 1. The van der Waals surface area contributed by atoms with Gasteiger partial charge in [-0.2, -0.15) is 5.26 Å². The highest BCUT2D eigenvalue weighted by Crippen LogP contribution is 2.35. The lowest BCUT2D eigenvalue weighted by atomic mass is 9.95. The van der Waals surface area contributed by atoms with Crippen LogP contribution in [0.1, 0.15) is 34.7 Å². The predicted molar refractivity (Wildman–Crippen MR) is 171 cm³/mol. The van der Waals surface area contributed by atoms with Gasteiger partial charge in [-0.15, -0.1) is 0 Å². The average Bonchev–Trinajstić information content (AvgIpc) is 3.06. The third kappa shape index (κ3) is 7.21. The van der Waals surface area contributed by atoms with Crippen molar-refractivity contribution in [2.24, 2.45) is 0 Å². The minimum atomic E-state index is -1.57. The van der Waals surface area contributed by atoms with Gasteiger partial charge in [-0.05, 0) is 65.8 Å². The van der Waals surface area contributed by atoms with Gasteiger partial charge in [-0.1, -0.05) is 41.9 Å². The van der Waals surface area contributed by atoms with E-state index in [-0.39, 0.29) is 19.8 Å². The lowest BCUT2D eigenvalue weighted by molar-refractivity contribution is -0.145. The fourth-order valence-electron chi connectivity index (χ4n) is 4.80. The highest BCUT2D eigenvalue weighted by molar-refractivity contribution is 6.32. The number of fused-ring (bicyclic) bond motifs is 1. The Hall–Kier alpha value is -5.01. The number of ether oxygens (including phenoxy) is 2. The van der Waals surface area contributed by atoms with Gasteiger partial charge in [0.05, 0.1) is 17.2 Å². The largest absolute Gasteiger partial charge is 0.488 e. The van der Waals surface area contributed by atoms with E-state index in [0.29, 0.717) is 33.2 Å². The summed E-state index contributed by atoms with van der Waals surface area (Å²) in [6.45, 7) is 3.20. The maximum absolute atomic E-state index is 11.7. The number of carboxylic acids is 1. The standard InChI is InChI=1S/C35H31ClN4O5/c1-22-28(4-3-5-30(22)26-6-7-27-17-38-9-8-25(27)11-26)20-45-33-13-32(44-19-24-10-23(14-37)15-39-16-24)29(12-31(33)36)18-40-35(2,21-41)34(42)43/h3-13,15-17,40-41H,18-21H2,1-2H3,(H,42,43). The van der Waals surface area contributed by atoms with Gasteiger partial charge in [-0.3, -0.25) is 20.1 Å². The number of halogens is 1. The summed E-state index contributed by atoms with van der Waals surface area (Å²) < 4.78 is 12.3. The SMILES string of the molecule is Cc1c(COc2cc(OCc3cncc(C#N)c3)c(CNC(C)(CO)C(=O)O)cc2Cl)cccc1-c1ccc2cnccc2c1. The number of aromatic nitrogens is 2. The van der Waals surface area contributed by atoms with Gasteiger partial charge < -0.3 is 19.7 Å². The van der Waals surface area contributed by atoms with Crippen LogP contribution in [-0.2, 0) is 24.6 Å². The van der Waals surface area contributed by atoms with Crippen LogP contribution in [0.15, 0.2) is 85.5 Å². The van der Waals surface area contributed by atoms with Crippen molar-refractivity contribution in [3.8, 4) is 28.7 Å². The third-order valence-corrected chi connectivity index (χ3v) is 7.97. The molecular weight excluding hydrogens is 592 g/mol. The molecule has 3 N–H and O–H groups in total. The molecule has 5 rings (SSSR count). The van der Waals surface area contributed by atoms with Crippen molar-refractivity contribution in [3.05, 3.63) is 118 Å². The maximum atomic E-state index is 11.7. The fraction of sp³-hybridized carbons (Fsp3) is 0.200. The number of carboxylic acid groups (broad SMARTS) is 1. The van der Waals surface area contributed by atoms with Crippen LogP contribution in [0, 0.1) is 18.3 Å². The Morgan fingerprint density at radius 1 is 0.978 bits per heavy atom. The zero-order valence-electron chi connectivity index (χ0n) is 24.8. The Kier molecular flexibility index (Phi) is 9.59. The van der Waals surface area contributed by atoms with Gasteiger partial charge in [0.25, 0.3) is 0 Å². The Balaban J connectivity index is 1.40. The first-order chi connectivity index (χ1) is 21.7. The number of nitrogens with zero attached hydrogens (tertiary/aromatic N) is 3. The smallest absolute Gasteiger partial charge is 0.326 e. The molecule has 3 aromatic carbocycles. The summed E-state index contributed by atoms with van der Waals surface area (Å²) in [4.78, 5) is 20.0. The minimum Gasteiger partial charge on any atom is -0.488 e. The van der Waals surface area contributed by atoms with Gasteiger partial charge in [0.15, 0.2) is 0 Å². The van der Waals surface area contributed by atoms with E-state index in [1.165, 1.54) is 13.1 Å². The minimum absolute atomic E-state index is 0.0398. The summed E-state index contributed by atoms with van der Waals surface area (Å²) in [5.74, 6) is -0.423. The molecule has 0 aliphatic rings. The van der Waals surface area contributed by atoms with Crippen molar-refractivity contribution in [2.75, 3.05) is 6.61 Å². The zero-order valence-corrected chi connectivity index (χ0v) is 25.5. The Morgan fingerprint density at radius 3 is 2.58 bits per heavy atom. The molecule has 0 radical (unpaired) electrons. The first kappa shape index (κ1) is 31.4. The van der Waals surface area contributed by atoms with Crippen molar-refractivity contribution in [1.29, 1.82) is 5.26 Å². The molecule has 10 heteroatoms. The maximum Gasteiger partial charge on any atom is 0.326 e. The molecule has 0 fully saturated rings. The van der Waals surface area contributed by atoms with E-state index < -0.39 is 18.1 Å². The van der Waals surface area contributed by atoms with E-state index in [1.807, 2.05) is 24.4 Å². The fourth-order valence-corrected chi connectivity index (χ4v) is 5.04. The van der Waals surface area contributed by atoms with Crippen LogP contribution >= 0.6 is 11.6 Å². The Labute approximate surface area is 265 Å². The molecule has 0 spiro atoms. The van der Waals surface area contributed by atoms with Crippen LogP contribution in [0.4, 0.5) is 0 Å². The van der Waals surface area contributed by atoms with Gasteiger partial charge in [0.2, 0.25) is 0 Å². The summed E-state index contributed by atoms with van der Waals surface area (Å²) >= 11 is 6.67. The summed E-state index contributed by atoms with van der Waals surface area (Å²) in [5, 5.41) is 33.9. The second kappa shape index (κ2) is 13.7. The number of aliphatic hydroxyl groups is 1. The van der Waals surface area contributed by atoms with Crippen LogP contribution < -0.4 is 14.8 Å². The Morgan fingerprint density at radius 2 is 1.80 bits per heavy atom. The molecule has 0 aliphatic heterocycles. The number of aliphatic carboxylic acids is 1. The van der Waals surface area contributed by atoms with Crippen LogP contribution in [0.3, 0.4) is 0 Å². The van der Waals surface area contributed by atoms with E-state index in [0.717, 1.165) is 33.0 Å². The summed E-state index contributed by atoms with van der Waals surface area (Å²) in [7, 11) is 0. The summed E-state index contributed by atoms with van der Waals surface area (Å²) in [6, 6.07) is 21.4. The molecule has 9 nitrogen and oxygen atoms in total. The molecule has 0 saturated heterocycles. The molecule has 2 heterocycles. The average molecular weight is 623 g/mol. The first-order valence-electron chi connectivity index (χ1n) is 14.1. The molecule has 1 atom stereocenters. The number of benzene rings is 3. The molecule has 2 aromatic heterocycles. The highest BCUT2D eigenvalue weighted by atomic mass is 35.5. The van der Waals surface area contributed by atoms with Crippen molar-refractivity contribution in [3.63, 3.8) is 0 Å². The number of nitriles is 1. The van der Waals surface area contributed by atoms with Gasteiger partial charge in [0.1, 0.15) is 36.3 Å². The monoisotopic (exact) mass is 622 g/mol. The summed E-state index contributed by atoms with van der Waals surface area (Å²) in [5.41, 5.74) is 4.28. The van der Waals surface area contributed by atoms with Crippen molar-refractivity contribution in [2.45, 2.75) is 39.1 Å². The quantitative estimate of drug-likeness (QED) is 0.148.